The molecule has 0 bridgehead atoms. The number of methoxy groups -OCH3 is 1. The molecule has 5 heteroatoms. The smallest absolute Gasteiger partial charge is 0.338 e. The summed E-state index contributed by atoms with van der Waals surface area (Å²) in [5.74, 6) is -0.367. The van der Waals surface area contributed by atoms with Crippen LogP contribution in [-0.4, -0.2) is 27.6 Å². The molecule has 0 unspecified atom stereocenters. The number of hydrogen-bond donors (Lipinski definition) is 0. The number of ether oxygens (including phenoxy) is 1. The van der Waals surface area contributed by atoms with Crippen molar-refractivity contribution in [1.82, 2.24) is 14.5 Å². The molecular weight excluding hydrogens is 554 g/mol. The number of carbonyl (C=O) groups is 1. The van der Waals surface area contributed by atoms with Crippen LogP contribution >= 0.6 is 0 Å². The van der Waals surface area contributed by atoms with E-state index in [1.807, 2.05) is 79.1 Å². The minimum atomic E-state index is -0.367. The average molecular weight is 582 g/mol. The van der Waals surface area contributed by atoms with E-state index in [4.69, 9.17) is 9.72 Å². The molecule has 0 saturated heterocycles. The van der Waals surface area contributed by atoms with Crippen LogP contribution in [0, 0.1) is 0 Å². The molecule has 5 aromatic carbocycles. The normalized spacial score (nSPS) is 11.3. The van der Waals surface area contributed by atoms with Gasteiger partial charge in [-0.1, -0.05) is 103 Å². The van der Waals surface area contributed by atoms with Crippen LogP contribution in [0.1, 0.15) is 10.4 Å². The van der Waals surface area contributed by atoms with Crippen molar-refractivity contribution >= 4 is 38.5 Å². The molecule has 0 spiro atoms. The zero-order valence-electron chi connectivity index (χ0n) is 24.5. The molecule has 214 valence electrons. The standard InChI is InChI=1S/C40H27N3O2/c1-45-40(44)32-19-11-9-17-30(32)33-24-38-39(31-18-10-8-16-29(31)33)34-25-41-21-20-37(34)43(38)28-22-35(26-12-4-2-5-13-26)42-36(23-28)27-14-6-3-7-15-27/h2-25H,1H3. The Morgan fingerprint density at radius 3 is 1.93 bits per heavy atom. The van der Waals surface area contributed by atoms with Crippen LogP contribution in [0.4, 0.5) is 0 Å². The fourth-order valence-corrected chi connectivity index (χ4v) is 6.39. The summed E-state index contributed by atoms with van der Waals surface area (Å²) in [7, 11) is 1.42. The van der Waals surface area contributed by atoms with Crippen LogP contribution in [0.25, 0.3) is 71.9 Å². The molecule has 0 saturated carbocycles. The third-order valence-electron chi connectivity index (χ3n) is 8.40. The Hall–Kier alpha value is -6.07. The fourth-order valence-electron chi connectivity index (χ4n) is 6.39. The third-order valence-corrected chi connectivity index (χ3v) is 8.40. The van der Waals surface area contributed by atoms with Crippen molar-refractivity contribution in [3.63, 3.8) is 0 Å². The maximum atomic E-state index is 12.9. The number of fused-ring (bicyclic) bond motifs is 5. The van der Waals surface area contributed by atoms with E-state index in [9.17, 15) is 4.79 Å². The Kier molecular flexibility index (Phi) is 6.42. The molecule has 0 aliphatic carbocycles. The van der Waals surface area contributed by atoms with Crippen LogP contribution in [0.5, 0.6) is 0 Å². The van der Waals surface area contributed by atoms with Gasteiger partial charge in [-0.15, -0.1) is 0 Å². The highest BCUT2D eigenvalue weighted by Crippen LogP contribution is 2.42. The van der Waals surface area contributed by atoms with E-state index in [0.717, 1.165) is 71.9 Å². The quantitative estimate of drug-likeness (QED) is 0.190. The zero-order chi connectivity index (χ0) is 30.3. The maximum absolute atomic E-state index is 12.9. The van der Waals surface area contributed by atoms with E-state index in [1.165, 1.54) is 7.11 Å². The van der Waals surface area contributed by atoms with E-state index in [1.54, 1.807) is 0 Å². The van der Waals surface area contributed by atoms with Crippen molar-refractivity contribution in [3.8, 4) is 39.3 Å². The highest BCUT2D eigenvalue weighted by atomic mass is 16.5. The summed E-state index contributed by atoms with van der Waals surface area (Å²) in [6, 6.07) is 45.1. The molecule has 8 rings (SSSR count). The van der Waals surface area contributed by atoms with Crippen molar-refractivity contribution in [2.24, 2.45) is 0 Å². The number of benzene rings is 5. The highest BCUT2D eigenvalue weighted by Gasteiger charge is 2.21. The molecule has 0 aliphatic rings. The predicted octanol–water partition coefficient (Wildman–Crippen LogP) is 9.51. The van der Waals surface area contributed by atoms with Gasteiger partial charge in [0.15, 0.2) is 0 Å². The van der Waals surface area contributed by atoms with Gasteiger partial charge in [0.25, 0.3) is 0 Å². The van der Waals surface area contributed by atoms with Crippen molar-refractivity contribution in [2.75, 3.05) is 7.11 Å². The summed E-state index contributed by atoms with van der Waals surface area (Å²) >= 11 is 0. The summed E-state index contributed by atoms with van der Waals surface area (Å²) in [5, 5.41) is 4.29. The summed E-state index contributed by atoms with van der Waals surface area (Å²) in [5.41, 5.74) is 9.17. The largest absolute Gasteiger partial charge is 0.465 e. The first-order valence-corrected chi connectivity index (χ1v) is 14.8. The number of carbonyl (C=O) groups excluding carboxylic acids is 1. The number of esters is 1. The molecule has 0 radical (unpaired) electrons. The van der Waals surface area contributed by atoms with Crippen LogP contribution in [0.3, 0.4) is 0 Å². The monoisotopic (exact) mass is 581 g/mol. The van der Waals surface area contributed by atoms with Gasteiger partial charge in [-0.3, -0.25) is 4.98 Å². The lowest BCUT2D eigenvalue weighted by molar-refractivity contribution is 0.0601. The predicted molar refractivity (Wildman–Crippen MR) is 182 cm³/mol. The van der Waals surface area contributed by atoms with Gasteiger partial charge in [0.2, 0.25) is 0 Å². The first-order chi connectivity index (χ1) is 22.2. The highest BCUT2D eigenvalue weighted by molar-refractivity contribution is 6.24. The van der Waals surface area contributed by atoms with Gasteiger partial charge in [-0.05, 0) is 52.2 Å². The molecule has 3 heterocycles. The molecular formula is C40H27N3O2. The summed E-state index contributed by atoms with van der Waals surface area (Å²) in [6.07, 6.45) is 3.78. The van der Waals surface area contributed by atoms with E-state index in [2.05, 4.69) is 76.3 Å². The molecule has 0 N–H and O–H groups in total. The molecule has 3 aromatic heterocycles. The molecule has 8 aromatic rings. The lowest BCUT2D eigenvalue weighted by Crippen LogP contribution is -2.03. The fraction of sp³-hybridized carbons (Fsp3) is 0.0250. The van der Waals surface area contributed by atoms with Crippen molar-refractivity contribution in [3.05, 3.63) is 151 Å². The summed E-state index contributed by atoms with van der Waals surface area (Å²) in [4.78, 5) is 22.6. The molecule has 5 nitrogen and oxygen atoms in total. The van der Waals surface area contributed by atoms with Gasteiger partial charge in [0, 0.05) is 34.3 Å². The number of rotatable bonds is 5. The minimum Gasteiger partial charge on any atom is -0.465 e. The minimum absolute atomic E-state index is 0.367. The Morgan fingerprint density at radius 1 is 0.622 bits per heavy atom. The number of hydrogen-bond acceptors (Lipinski definition) is 4. The number of aromatic nitrogens is 3. The van der Waals surface area contributed by atoms with E-state index in [-0.39, 0.29) is 5.97 Å². The third kappa shape index (κ3) is 4.45. The van der Waals surface area contributed by atoms with Crippen LogP contribution in [0.2, 0.25) is 0 Å². The van der Waals surface area contributed by atoms with Gasteiger partial charge in [-0.2, -0.15) is 0 Å². The molecule has 45 heavy (non-hydrogen) atoms. The molecule has 0 fully saturated rings. The lowest BCUT2D eigenvalue weighted by atomic mass is 9.92. The second-order valence-electron chi connectivity index (χ2n) is 11.0. The van der Waals surface area contributed by atoms with Gasteiger partial charge in [-0.25, -0.2) is 9.78 Å². The van der Waals surface area contributed by atoms with Crippen molar-refractivity contribution in [2.45, 2.75) is 0 Å². The second kappa shape index (κ2) is 10.9. The average Bonchev–Trinajstić information content (AvgIpc) is 3.46. The van der Waals surface area contributed by atoms with Crippen LogP contribution in [0.15, 0.2) is 146 Å². The number of nitrogens with zero attached hydrogens (tertiary/aromatic N) is 3. The summed E-state index contributed by atoms with van der Waals surface area (Å²) in [6.45, 7) is 0. The second-order valence-corrected chi connectivity index (χ2v) is 11.0. The SMILES string of the molecule is COC(=O)c1ccccc1-c1cc2c(c3ccccc13)c1cnccc1n2-c1cc(-c2ccccc2)nc(-c2ccccc2)c1. The molecule has 0 atom stereocenters. The maximum Gasteiger partial charge on any atom is 0.338 e. The Balaban J connectivity index is 1.51. The Bertz CT molecular complexity index is 2320. The van der Waals surface area contributed by atoms with Crippen LogP contribution in [-0.2, 0) is 4.74 Å². The van der Waals surface area contributed by atoms with Gasteiger partial charge < -0.3 is 9.30 Å². The Labute approximate surface area is 260 Å². The van der Waals surface area contributed by atoms with E-state index in [0.29, 0.717) is 5.56 Å². The van der Waals surface area contributed by atoms with Gasteiger partial charge in [0.05, 0.1) is 40.8 Å². The lowest BCUT2D eigenvalue weighted by Gasteiger charge is -2.15. The first-order valence-electron chi connectivity index (χ1n) is 14.8. The number of pyridine rings is 2. The topological polar surface area (TPSA) is 57.0 Å². The van der Waals surface area contributed by atoms with E-state index >= 15 is 0 Å². The Morgan fingerprint density at radius 2 is 1.24 bits per heavy atom. The van der Waals surface area contributed by atoms with E-state index < -0.39 is 0 Å². The van der Waals surface area contributed by atoms with Crippen LogP contribution < -0.4 is 0 Å². The van der Waals surface area contributed by atoms with Gasteiger partial charge in [0.1, 0.15) is 0 Å². The summed E-state index contributed by atoms with van der Waals surface area (Å²) < 4.78 is 7.49. The molecule has 0 aliphatic heterocycles. The molecule has 0 amide bonds. The zero-order valence-corrected chi connectivity index (χ0v) is 24.5. The van der Waals surface area contributed by atoms with Crippen molar-refractivity contribution < 1.29 is 9.53 Å². The van der Waals surface area contributed by atoms with Gasteiger partial charge >= 0.3 is 5.97 Å². The van der Waals surface area contributed by atoms with Crippen molar-refractivity contribution in [1.29, 1.82) is 0 Å². The first kappa shape index (κ1) is 26.5.